The van der Waals surface area contributed by atoms with Gasteiger partial charge in [-0.3, -0.25) is 0 Å². The van der Waals surface area contributed by atoms with Gasteiger partial charge in [-0.15, -0.1) is 0 Å². The van der Waals surface area contributed by atoms with Crippen molar-refractivity contribution in [2.45, 2.75) is 53.9 Å². The smallest absolute Gasteiger partial charge is 0.0241 e. The lowest BCUT2D eigenvalue weighted by molar-refractivity contribution is 0.252. The Balaban J connectivity index is 2.61. The Morgan fingerprint density at radius 2 is 1.45 bits per heavy atom. The topological polar surface area (TPSA) is 0 Å². The molecule has 11 heavy (non-hydrogen) atoms. The summed E-state index contributed by atoms with van der Waals surface area (Å²) in [5.41, 5.74) is 1.29. The van der Waals surface area contributed by atoms with E-state index in [0.717, 1.165) is 5.92 Å². The summed E-state index contributed by atoms with van der Waals surface area (Å²) >= 11 is 0. The highest BCUT2D eigenvalue weighted by Crippen LogP contribution is 2.68. The van der Waals surface area contributed by atoms with Crippen LogP contribution in [0.4, 0.5) is 0 Å². The van der Waals surface area contributed by atoms with Crippen LogP contribution in [0.2, 0.25) is 0 Å². The van der Waals surface area contributed by atoms with E-state index in [-0.39, 0.29) is 0 Å². The van der Waals surface area contributed by atoms with Gasteiger partial charge in [0.15, 0.2) is 0 Å². The molecule has 0 saturated heterocycles. The summed E-state index contributed by atoms with van der Waals surface area (Å²) in [6.45, 7) is 11.9. The third-order valence-electron chi connectivity index (χ3n) is 4.12. The fraction of sp³-hybridized carbons (Fsp3) is 1.00. The van der Waals surface area contributed by atoms with Crippen LogP contribution in [0, 0.1) is 16.7 Å². The fourth-order valence-corrected chi connectivity index (χ4v) is 2.76. The Labute approximate surface area is 71.4 Å². The zero-order valence-electron chi connectivity index (χ0n) is 8.70. The summed E-state index contributed by atoms with van der Waals surface area (Å²) in [5, 5.41) is 0. The molecule has 1 atom stereocenters. The van der Waals surface area contributed by atoms with E-state index in [4.69, 9.17) is 0 Å². The standard InChI is InChI=1S/C11H22/c1-6-9(7-2)11(5)8-10(11,3)4/h9H,6-8H2,1-5H3. The van der Waals surface area contributed by atoms with Gasteiger partial charge >= 0.3 is 0 Å². The Kier molecular flexibility index (Phi) is 2.07. The molecule has 0 heteroatoms. The molecule has 1 fully saturated rings. The minimum absolute atomic E-state index is 0.629. The van der Waals surface area contributed by atoms with Crippen molar-refractivity contribution in [3.63, 3.8) is 0 Å². The van der Waals surface area contributed by atoms with Gasteiger partial charge in [0.1, 0.15) is 0 Å². The second kappa shape index (κ2) is 2.50. The minimum atomic E-state index is 0.629. The van der Waals surface area contributed by atoms with Crippen LogP contribution in [-0.2, 0) is 0 Å². The highest BCUT2D eigenvalue weighted by atomic mass is 14.6. The highest BCUT2D eigenvalue weighted by molar-refractivity contribution is 5.09. The van der Waals surface area contributed by atoms with Gasteiger partial charge in [-0.25, -0.2) is 0 Å². The molecule has 0 aromatic heterocycles. The summed E-state index contributed by atoms with van der Waals surface area (Å²) in [7, 11) is 0. The first-order valence-corrected chi connectivity index (χ1v) is 4.98. The van der Waals surface area contributed by atoms with Crippen LogP contribution < -0.4 is 0 Å². The van der Waals surface area contributed by atoms with Gasteiger partial charge < -0.3 is 0 Å². The maximum atomic E-state index is 2.46. The predicted octanol–water partition coefficient (Wildman–Crippen LogP) is 3.86. The van der Waals surface area contributed by atoms with Crippen molar-refractivity contribution in [1.82, 2.24) is 0 Å². The molecule has 0 N–H and O–H groups in total. The van der Waals surface area contributed by atoms with E-state index in [1.807, 2.05) is 0 Å². The van der Waals surface area contributed by atoms with Crippen molar-refractivity contribution in [1.29, 1.82) is 0 Å². The number of hydrogen-bond acceptors (Lipinski definition) is 0. The zero-order chi connectivity index (χ0) is 8.70. The minimum Gasteiger partial charge on any atom is -0.0651 e. The van der Waals surface area contributed by atoms with E-state index in [9.17, 15) is 0 Å². The van der Waals surface area contributed by atoms with Gasteiger partial charge in [-0.05, 0) is 23.2 Å². The van der Waals surface area contributed by atoms with Crippen LogP contribution >= 0.6 is 0 Å². The van der Waals surface area contributed by atoms with E-state index in [1.165, 1.54) is 19.3 Å². The molecule has 66 valence electrons. The number of hydrogen-bond donors (Lipinski definition) is 0. The Morgan fingerprint density at radius 1 is 1.09 bits per heavy atom. The number of rotatable bonds is 3. The van der Waals surface area contributed by atoms with Crippen LogP contribution in [0.5, 0.6) is 0 Å². The summed E-state index contributed by atoms with van der Waals surface area (Å²) in [6, 6.07) is 0. The predicted molar refractivity (Wildman–Crippen MR) is 50.6 cm³/mol. The molecule has 0 nitrogen and oxygen atoms in total. The molecule has 0 aromatic rings. The molecule has 1 saturated carbocycles. The Bertz CT molecular complexity index is 142. The second-order valence-corrected chi connectivity index (χ2v) is 4.99. The molecule has 0 aromatic carbocycles. The quantitative estimate of drug-likeness (QED) is 0.579. The van der Waals surface area contributed by atoms with Gasteiger partial charge in [0.05, 0.1) is 0 Å². The molecule has 1 rings (SSSR count). The highest BCUT2D eigenvalue weighted by Gasteiger charge is 2.59. The van der Waals surface area contributed by atoms with Crippen molar-refractivity contribution in [3.8, 4) is 0 Å². The Hall–Kier alpha value is 0. The first-order valence-electron chi connectivity index (χ1n) is 4.98. The van der Waals surface area contributed by atoms with Crippen molar-refractivity contribution < 1.29 is 0 Å². The maximum absolute atomic E-state index is 2.46. The molecule has 1 aliphatic rings. The van der Waals surface area contributed by atoms with E-state index < -0.39 is 0 Å². The summed E-state index contributed by atoms with van der Waals surface area (Å²) in [5.74, 6) is 0.956. The Morgan fingerprint density at radius 3 is 1.55 bits per heavy atom. The monoisotopic (exact) mass is 154 g/mol. The van der Waals surface area contributed by atoms with Gasteiger partial charge in [0.2, 0.25) is 0 Å². The molecule has 0 radical (unpaired) electrons. The molecule has 0 aliphatic heterocycles. The van der Waals surface area contributed by atoms with E-state index >= 15 is 0 Å². The lowest BCUT2D eigenvalue weighted by Gasteiger charge is -2.24. The molecule has 0 spiro atoms. The van der Waals surface area contributed by atoms with Crippen molar-refractivity contribution in [3.05, 3.63) is 0 Å². The van der Waals surface area contributed by atoms with E-state index in [2.05, 4.69) is 34.6 Å². The van der Waals surface area contributed by atoms with Gasteiger partial charge in [0.25, 0.3) is 0 Å². The maximum Gasteiger partial charge on any atom is -0.0241 e. The van der Waals surface area contributed by atoms with Gasteiger partial charge in [0, 0.05) is 0 Å². The van der Waals surface area contributed by atoms with Crippen LogP contribution in [0.3, 0.4) is 0 Å². The average molecular weight is 154 g/mol. The van der Waals surface area contributed by atoms with Crippen molar-refractivity contribution in [2.75, 3.05) is 0 Å². The third-order valence-corrected chi connectivity index (χ3v) is 4.12. The molecular formula is C11H22. The SMILES string of the molecule is CCC(CC)C1(C)CC1(C)C. The summed E-state index contributed by atoms with van der Waals surface area (Å²) < 4.78 is 0. The molecular weight excluding hydrogens is 132 g/mol. The van der Waals surface area contributed by atoms with E-state index in [0.29, 0.717) is 10.8 Å². The first kappa shape index (κ1) is 9.09. The first-order chi connectivity index (χ1) is 4.98. The summed E-state index contributed by atoms with van der Waals surface area (Å²) in [4.78, 5) is 0. The second-order valence-electron chi connectivity index (χ2n) is 4.99. The molecule has 0 bridgehead atoms. The van der Waals surface area contributed by atoms with Crippen LogP contribution in [-0.4, -0.2) is 0 Å². The average Bonchev–Trinajstić information content (AvgIpc) is 2.36. The fourth-order valence-electron chi connectivity index (χ4n) is 2.76. The van der Waals surface area contributed by atoms with Gasteiger partial charge in [-0.1, -0.05) is 47.5 Å². The molecule has 0 heterocycles. The normalized spacial score (nSPS) is 34.4. The molecule has 1 aliphatic carbocycles. The molecule has 1 unspecified atom stereocenters. The summed E-state index contributed by atoms with van der Waals surface area (Å²) in [6.07, 6.45) is 4.15. The van der Waals surface area contributed by atoms with Crippen molar-refractivity contribution >= 4 is 0 Å². The van der Waals surface area contributed by atoms with E-state index in [1.54, 1.807) is 0 Å². The molecule has 0 amide bonds. The lowest BCUT2D eigenvalue weighted by atomic mass is 9.81. The third kappa shape index (κ3) is 1.21. The van der Waals surface area contributed by atoms with Crippen molar-refractivity contribution in [2.24, 2.45) is 16.7 Å². The van der Waals surface area contributed by atoms with Crippen LogP contribution in [0.25, 0.3) is 0 Å². The van der Waals surface area contributed by atoms with Crippen LogP contribution in [0.1, 0.15) is 53.9 Å². The zero-order valence-corrected chi connectivity index (χ0v) is 8.70. The largest absolute Gasteiger partial charge is 0.0651 e. The van der Waals surface area contributed by atoms with Gasteiger partial charge in [-0.2, -0.15) is 0 Å². The lowest BCUT2D eigenvalue weighted by Crippen LogP contribution is -2.16. The van der Waals surface area contributed by atoms with Crippen LogP contribution in [0.15, 0.2) is 0 Å².